The highest BCUT2D eigenvalue weighted by molar-refractivity contribution is 9.10. The number of furan rings is 1. The maximum atomic E-state index is 12.0. The Balaban J connectivity index is 1.68. The van der Waals surface area contributed by atoms with Crippen molar-refractivity contribution in [1.29, 1.82) is 0 Å². The highest BCUT2D eigenvalue weighted by Gasteiger charge is 2.22. The van der Waals surface area contributed by atoms with E-state index in [1.54, 1.807) is 12.1 Å². The molecule has 0 bridgehead atoms. The Hall–Kier alpha value is -1.75. The third-order valence-corrected chi connectivity index (χ3v) is 3.44. The minimum absolute atomic E-state index is 0.0359. The van der Waals surface area contributed by atoms with Crippen LogP contribution in [0.1, 0.15) is 16.1 Å². The Morgan fingerprint density at radius 2 is 2.11 bits per heavy atom. The van der Waals surface area contributed by atoms with E-state index < -0.39 is 0 Å². The van der Waals surface area contributed by atoms with Crippen LogP contribution in [0.5, 0.6) is 5.75 Å². The number of ether oxygens (including phenoxy) is 1. The second-order valence-electron chi connectivity index (χ2n) is 4.40. The molecule has 1 amide bonds. The van der Waals surface area contributed by atoms with Crippen LogP contribution < -0.4 is 10.1 Å². The Kier molecular flexibility index (Phi) is 3.29. The molecule has 5 heteroatoms. The van der Waals surface area contributed by atoms with E-state index >= 15 is 0 Å². The predicted octanol–water partition coefficient (Wildman–Crippen LogP) is 2.78. The number of hydrogen-bond acceptors (Lipinski definition) is 3. The summed E-state index contributed by atoms with van der Waals surface area (Å²) in [5.41, 5.74) is 1.11. The molecule has 98 valence electrons. The summed E-state index contributed by atoms with van der Waals surface area (Å²) < 4.78 is 11.4. The van der Waals surface area contributed by atoms with Gasteiger partial charge in [-0.05, 0) is 46.1 Å². The molecular formula is C14H12BrNO3. The van der Waals surface area contributed by atoms with Crippen molar-refractivity contribution in [3.63, 3.8) is 0 Å². The second-order valence-corrected chi connectivity index (χ2v) is 5.18. The van der Waals surface area contributed by atoms with E-state index in [-0.39, 0.29) is 11.9 Å². The van der Waals surface area contributed by atoms with Crippen LogP contribution in [0.4, 0.5) is 0 Å². The van der Waals surface area contributed by atoms with E-state index in [2.05, 4.69) is 21.2 Å². The average molecular weight is 322 g/mol. The van der Waals surface area contributed by atoms with Gasteiger partial charge in [0.15, 0.2) is 10.4 Å². The first kappa shape index (κ1) is 12.3. The van der Waals surface area contributed by atoms with Gasteiger partial charge in [0.05, 0.1) is 6.04 Å². The average Bonchev–Trinajstić information content (AvgIpc) is 2.85. The van der Waals surface area contributed by atoms with Gasteiger partial charge in [0, 0.05) is 0 Å². The van der Waals surface area contributed by atoms with Gasteiger partial charge < -0.3 is 14.5 Å². The van der Waals surface area contributed by atoms with Crippen molar-refractivity contribution >= 4 is 21.8 Å². The number of carbonyl (C=O) groups excluding carboxylic acids is 1. The van der Waals surface area contributed by atoms with E-state index in [0.717, 1.165) is 17.7 Å². The maximum Gasteiger partial charge on any atom is 0.287 e. The van der Waals surface area contributed by atoms with Crippen LogP contribution in [0.15, 0.2) is 45.5 Å². The molecule has 0 radical (unpaired) electrons. The SMILES string of the molecule is O=C(NC1COc2ccccc2C1)c1ccc(Br)o1. The van der Waals surface area contributed by atoms with Crippen LogP contribution in [0.3, 0.4) is 0 Å². The third-order valence-electron chi connectivity index (χ3n) is 3.01. The molecule has 1 atom stereocenters. The fraction of sp³-hybridized carbons (Fsp3) is 0.214. The summed E-state index contributed by atoms with van der Waals surface area (Å²) in [4.78, 5) is 12.0. The smallest absolute Gasteiger partial charge is 0.287 e. The number of amides is 1. The molecule has 1 N–H and O–H groups in total. The minimum atomic E-state index is -0.223. The lowest BCUT2D eigenvalue weighted by atomic mass is 10.0. The largest absolute Gasteiger partial charge is 0.491 e. The number of fused-ring (bicyclic) bond motifs is 1. The molecule has 1 aliphatic rings. The van der Waals surface area contributed by atoms with Gasteiger partial charge in [0.2, 0.25) is 0 Å². The first-order valence-corrected chi connectivity index (χ1v) is 6.78. The second kappa shape index (κ2) is 5.09. The first-order chi connectivity index (χ1) is 9.22. The van der Waals surface area contributed by atoms with Gasteiger partial charge in [-0.2, -0.15) is 0 Å². The van der Waals surface area contributed by atoms with Crippen LogP contribution >= 0.6 is 15.9 Å². The molecule has 0 fully saturated rings. The number of benzene rings is 1. The summed E-state index contributed by atoms with van der Waals surface area (Å²) in [5.74, 6) is 0.971. The number of para-hydroxylation sites is 1. The predicted molar refractivity (Wildman–Crippen MR) is 73.3 cm³/mol. The Morgan fingerprint density at radius 3 is 2.89 bits per heavy atom. The fourth-order valence-electron chi connectivity index (χ4n) is 2.11. The van der Waals surface area contributed by atoms with Crippen LogP contribution in [-0.2, 0) is 6.42 Å². The molecule has 1 aromatic heterocycles. The van der Waals surface area contributed by atoms with Crippen molar-refractivity contribution in [2.45, 2.75) is 12.5 Å². The molecule has 0 spiro atoms. The maximum absolute atomic E-state index is 12.0. The Morgan fingerprint density at radius 1 is 1.26 bits per heavy atom. The lowest BCUT2D eigenvalue weighted by Gasteiger charge is -2.25. The molecule has 19 heavy (non-hydrogen) atoms. The summed E-state index contributed by atoms with van der Waals surface area (Å²) in [6.45, 7) is 0.477. The zero-order valence-electron chi connectivity index (χ0n) is 10.1. The quantitative estimate of drug-likeness (QED) is 0.925. The summed E-state index contributed by atoms with van der Waals surface area (Å²) in [6.07, 6.45) is 0.768. The third kappa shape index (κ3) is 2.66. The number of carbonyl (C=O) groups is 1. The van der Waals surface area contributed by atoms with E-state index in [1.807, 2.05) is 24.3 Å². The standard InChI is InChI=1S/C14H12BrNO3/c15-13-6-5-12(19-13)14(17)16-10-7-9-3-1-2-4-11(9)18-8-10/h1-6,10H,7-8H2,(H,16,17). The normalized spacial score (nSPS) is 17.4. The van der Waals surface area contributed by atoms with E-state index in [9.17, 15) is 4.79 Å². The number of rotatable bonds is 2. The van der Waals surface area contributed by atoms with Crippen LogP contribution in [0.2, 0.25) is 0 Å². The van der Waals surface area contributed by atoms with Crippen molar-refractivity contribution < 1.29 is 13.9 Å². The van der Waals surface area contributed by atoms with E-state index in [1.165, 1.54) is 0 Å². The summed E-state index contributed by atoms with van der Waals surface area (Å²) >= 11 is 3.18. The van der Waals surface area contributed by atoms with Crippen LogP contribution in [0.25, 0.3) is 0 Å². The van der Waals surface area contributed by atoms with Gasteiger partial charge in [-0.15, -0.1) is 0 Å². The minimum Gasteiger partial charge on any atom is -0.491 e. The molecule has 0 aliphatic carbocycles. The van der Waals surface area contributed by atoms with E-state index in [0.29, 0.717) is 17.0 Å². The number of hydrogen-bond donors (Lipinski definition) is 1. The van der Waals surface area contributed by atoms with Gasteiger partial charge in [-0.25, -0.2) is 0 Å². The molecule has 1 aromatic carbocycles. The highest BCUT2D eigenvalue weighted by Crippen LogP contribution is 2.24. The molecule has 4 nitrogen and oxygen atoms in total. The summed E-state index contributed by atoms with van der Waals surface area (Å²) in [6, 6.07) is 11.2. The topological polar surface area (TPSA) is 51.5 Å². The molecule has 0 saturated heterocycles. The van der Waals surface area contributed by atoms with Gasteiger partial charge in [0.1, 0.15) is 12.4 Å². The van der Waals surface area contributed by atoms with Crippen LogP contribution in [0, 0.1) is 0 Å². The molecule has 0 saturated carbocycles. The van der Waals surface area contributed by atoms with Crippen molar-refractivity contribution in [2.24, 2.45) is 0 Å². The lowest BCUT2D eigenvalue weighted by Crippen LogP contribution is -2.42. The molecule has 2 heterocycles. The molecule has 1 aliphatic heterocycles. The van der Waals surface area contributed by atoms with Crippen molar-refractivity contribution in [3.05, 3.63) is 52.4 Å². The van der Waals surface area contributed by atoms with Gasteiger partial charge in [-0.1, -0.05) is 18.2 Å². The van der Waals surface area contributed by atoms with Gasteiger partial charge >= 0.3 is 0 Å². The van der Waals surface area contributed by atoms with Crippen molar-refractivity contribution in [2.75, 3.05) is 6.61 Å². The van der Waals surface area contributed by atoms with Crippen molar-refractivity contribution in [1.82, 2.24) is 5.32 Å². The summed E-state index contributed by atoms with van der Waals surface area (Å²) in [5, 5.41) is 2.91. The Bertz CT molecular complexity index is 608. The monoisotopic (exact) mass is 321 g/mol. The molecule has 3 rings (SSSR count). The van der Waals surface area contributed by atoms with E-state index in [4.69, 9.17) is 9.15 Å². The number of halogens is 1. The molecule has 1 unspecified atom stereocenters. The van der Waals surface area contributed by atoms with Gasteiger partial charge in [-0.3, -0.25) is 4.79 Å². The van der Waals surface area contributed by atoms with Crippen molar-refractivity contribution in [3.8, 4) is 5.75 Å². The van der Waals surface area contributed by atoms with Gasteiger partial charge in [0.25, 0.3) is 5.91 Å². The lowest BCUT2D eigenvalue weighted by molar-refractivity contribution is 0.0886. The fourth-order valence-corrected chi connectivity index (χ4v) is 2.42. The summed E-state index contributed by atoms with van der Waals surface area (Å²) in [7, 11) is 0. The zero-order chi connectivity index (χ0) is 13.2. The molecule has 2 aromatic rings. The number of nitrogens with one attached hydrogen (secondary N) is 1. The zero-order valence-corrected chi connectivity index (χ0v) is 11.6. The van der Waals surface area contributed by atoms with Crippen LogP contribution in [-0.4, -0.2) is 18.6 Å². The highest BCUT2D eigenvalue weighted by atomic mass is 79.9. The molecular weight excluding hydrogens is 310 g/mol. The Labute approximate surface area is 118 Å². The first-order valence-electron chi connectivity index (χ1n) is 5.99.